The Labute approximate surface area is 214 Å². The summed E-state index contributed by atoms with van der Waals surface area (Å²) in [6.45, 7) is 11.4. The maximum Gasteiger partial charge on any atom is 0.228 e. The predicted octanol–water partition coefficient (Wildman–Crippen LogP) is 4.92. The average Bonchev–Trinajstić information content (AvgIpc) is 3.22. The van der Waals surface area contributed by atoms with E-state index in [-0.39, 0.29) is 22.9 Å². The van der Waals surface area contributed by atoms with Crippen molar-refractivity contribution in [2.45, 2.75) is 13.8 Å². The molecule has 0 aliphatic carbocycles. The molecule has 0 bridgehead atoms. The van der Waals surface area contributed by atoms with Gasteiger partial charge < -0.3 is 19.9 Å². The molecule has 1 N–H and O–H groups in total. The molecular weight excluding hydrogens is 476 g/mol. The van der Waals surface area contributed by atoms with E-state index in [1.807, 2.05) is 25.1 Å². The molecule has 0 amide bonds. The second-order valence-electron chi connectivity index (χ2n) is 9.29. The number of pyridine rings is 1. The molecule has 8 nitrogen and oxygen atoms in total. The predicted molar refractivity (Wildman–Crippen MR) is 142 cm³/mol. The number of nitrogens with one attached hydrogen (secondary N) is 1. The van der Waals surface area contributed by atoms with Crippen molar-refractivity contribution in [2.24, 2.45) is 0 Å². The van der Waals surface area contributed by atoms with Crippen LogP contribution in [0.1, 0.15) is 18.3 Å². The minimum Gasteiger partial charge on any atom is -0.494 e. The van der Waals surface area contributed by atoms with Crippen molar-refractivity contribution in [3.8, 4) is 17.0 Å². The Bertz CT molecular complexity index is 1490. The van der Waals surface area contributed by atoms with Crippen LogP contribution in [0.3, 0.4) is 0 Å². The van der Waals surface area contributed by atoms with Gasteiger partial charge in [0.2, 0.25) is 5.95 Å². The number of likely N-dealkylation sites (N-methyl/N-ethyl adjacent to an activating group) is 1. The molecule has 5 rings (SSSR count). The van der Waals surface area contributed by atoms with E-state index in [2.05, 4.69) is 43.7 Å². The summed E-state index contributed by atoms with van der Waals surface area (Å²) in [5, 5.41) is 3.12. The summed E-state index contributed by atoms with van der Waals surface area (Å²) in [6, 6.07) is 7.08. The number of imidazole rings is 1. The molecule has 4 heterocycles. The standard InChI is InChI=1S/C27H29F2N7O/c1-16(2)25-17(3)31-26-20(28)12-18(15-36(25)26)24-21(29)14-30-27(33-24)32-22-7-6-19(13-23(22)37-5)35-10-8-34(4)9-11-35/h6-7,12-15H,1,8-11H2,2-5H3,(H,30,32,33). The summed E-state index contributed by atoms with van der Waals surface area (Å²) < 4.78 is 37.0. The van der Waals surface area contributed by atoms with Gasteiger partial charge in [-0.3, -0.25) is 4.40 Å². The molecule has 0 saturated carbocycles. The zero-order valence-electron chi connectivity index (χ0n) is 21.3. The van der Waals surface area contributed by atoms with Gasteiger partial charge in [0.05, 0.1) is 30.4 Å². The van der Waals surface area contributed by atoms with Crippen LogP contribution in [0.25, 0.3) is 22.5 Å². The highest BCUT2D eigenvalue weighted by Crippen LogP contribution is 2.33. The first kappa shape index (κ1) is 24.6. The Morgan fingerprint density at radius 2 is 1.84 bits per heavy atom. The first-order valence-corrected chi connectivity index (χ1v) is 12.0. The third-order valence-corrected chi connectivity index (χ3v) is 6.57. The fourth-order valence-electron chi connectivity index (χ4n) is 4.66. The van der Waals surface area contributed by atoms with Gasteiger partial charge in [-0.15, -0.1) is 0 Å². The number of anilines is 3. The molecule has 3 aromatic heterocycles. The van der Waals surface area contributed by atoms with Gasteiger partial charge in [-0.05, 0) is 44.7 Å². The van der Waals surface area contributed by atoms with E-state index < -0.39 is 11.6 Å². The first-order chi connectivity index (χ1) is 17.7. The summed E-state index contributed by atoms with van der Waals surface area (Å²) in [5.41, 5.74) is 4.10. The van der Waals surface area contributed by atoms with Crippen LogP contribution < -0.4 is 15.0 Å². The number of hydrogen-bond acceptors (Lipinski definition) is 7. The highest BCUT2D eigenvalue weighted by molar-refractivity contribution is 5.71. The zero-order chi connectivity index (χ0) is 26.3. The number of halogens is 2. The number of ether oxygens (including phenoxy) is 1. The molecule has 192 valence electrons. The molecule has 1 aliphatic heterocycles. The fourth-order valence-corrected chi connectivity index (χ4v) is 4.66. The maximum absolute atomic E-state index is 15.0. The lowest BCUT2D eigenvalue weighted by Gasteiger charge is -2.34. The minimum absolute atomic E-state index is 0.0367. The van der Waals surface area contributed by atoms with Gasteiger partial charge in [-0.25, -0.2) is 23.7 Å². The topological polar surface area (TPSA) is 70.8 Å². The smallest absolute Gasteiger partial charge is 0.228 e. The van der Waals surface area contributed by atoms with Gasteiger partial charge >= 0.3 is 0 Å². The molecule has 37 heavy (non-hydrogen) atoms. The Balaban J connectivity index is 1.48. The normalized spacial score (nSPS) is 14.3. The largest absolute Gasteiger partial charge is 0.494 e. The Hall–Kier alpha value is -4.05. The van der Waals surface area contributed by atoms with Crippen LogP contribution in [0.4, 0.5) is 26.1 Å². The molecule has 0 atom stereocenters. The molecule has 4 aromatic rings. The number of benzene rings is 1. The molecule has 1 fully saturated rings. The van der Waals surface area contributed by atoms with E-state index in [0.717, 1.165) is 43.6 Å². The van der Waals surface area contributed by atoms with Crippen molar-refractivity contribution < 1.29 is 13.5 Å². The molecule has 10 heteroatoms. The van der Waals surface area contributed by atoms with E-state index in [0.29, 0.717) is 22.8 Å². The highest BCUT2D eigenvalue weighted by Gasteiger charge is 2.19. The first-order valence-electron chi connectivity index (χ1n) is 12.0. The average molecular weight is 506 g/mol. The van der Waals surface area contributed by atoms with Crippen LogP contribution in [-0.4, -0.2) is 64.6 Å². The Morgan fingerprint density at radius 3 is 2.54 bits per heavy atom. The number of nitrogens with zero attached hydrogens (tertiary/aromatic N) is 6. The van der Waals surface area contributed by atoms with E-state index in [9.17, 15) is 8.78 Å². The summed E-state index contributed by atoms with van der Waals surface area (Å²) in [7, 11) is 3.71. The number of piperazine rings is 1. The van der Waals surface area contributed by atoms with E-state index >= 15 is 0 Å². The number of aryl methyl sites for hydroxylation is 1. The second kappa shape index (κ2) is 9.78. The number of fused-ring (bicyclic) bond motifs is 1. The second-order valence-corrected chi connectivity index (χ2v) is 9.29. The molecule has 1 aliphatic rings. The summed E-state index contributed by atoms with van der Waals surface area (Å²) in [4.78, 5) is 17.4. The van der Waals surface area contributed by atoms with Gasteiger partial charge in [-0.2, -0.15) is 0 Å². The summed E-state index contributed by atoms with van der Waals surface area (Å²) in [5.74, 6) is -0.486. The van der Waals surface area contributed by atoms with Crippen LogP contribution in [0, 0.1) is 18.6 Å². The van der Waals surface area contributed by atoms with Crippen molar-refractivity contribution in [3.63, 3.8) is 0 Å². The van der Waals surface area contributed by atoms with Crippen molar-refractivity contribution in [1.82, 2.24) is 24.3 Å². The Kier molecular flexibility index (Phi) is 6.51. The van der Waals surface area contributed by atoms with Gasteiger partial charge in [0.25, 0.3) is 0 Å². The van der Waals surface area contributed by atoms with E-state index in [1.54, 1.807) is 24.6 Å². The monoisotopic (exact) mass is 505 g/mol. The molecule has 0 radical (unpaired) electrons. The number of methoxy groups -OCH3 is 1. The SMILES string of the molecule is C=C(C)c1c(C)nc2c(F)cc(-c3nc(Nc4ccc(N5CCN(C)CC5)cc4OC)ncc3F)cn12. The van der Waals surface area contributed by atoms with Crippen molar-refractivity contribution in [1.29, 1.82) is 0 Å². The van der Waals surface area contributed by atoms with Crippen LogP contribution >= 0.6 is 0 Å². The molecule has 1 aromatic carbocycles. The third-order valence-electron chi connectivity index (χ3n) is 6.57. The molecule has 1 saturated heterocycles. The lowest BCUT2D eigenvalue weighted by Crippen LogP contribution is -2.44. The molecule has 0 spiro atoms. The summed E-state index contributed by atoms with van der Waals surface area (Å²) in [6.07, 6.45) is 2.68. The van der Waals surface area contributed by atoms with E-state index in [4.69, 9.17) is 4.74 Å². The fraction of sp³-hybridized carbons (Fsp3) is 0.296. The van der Waals surface area contributed by atoms with Crippen LogP contribution in [0.2, 0.25) is 0 Å². The van der Waals surface area contributed by atoms with Gasteiger partial charge in [0.15, 0.2) is 17.3 Å². The lowest BCUT2D eigenvalue weighted by molar-refractivity contribution is 0.312. The van der Waals surface area contributed by atoms with Gasteiger partial charge in [-0.1, -0.05) is 6.58 Å². The van der Waals surface area contributed by atoms with Crippen molar-refractivity contribution in [3.05, 3.63) is 66.3 Å². The molecular formula is C27H29F2N7O. The van der Waals surface area contributed by atoms with Crippen LogP contribution in [0.15, 0.2) is 43.2 Å². The zero-order valence-corrected chi connectivity index (χ0v) is 21.3. The van der Waals surface area contributed by atoms with Crippen LogP contribution in [-0.2, 0) is 0 Å². The highest BCUT2D eigenvalue weighted by atomic mass is 19.1. The molecule has 0 unspecified atom stereocenters. The minimum atomic E-state index is -0.671. The number of allylic oxidation sites excluding steroid dienone is 1. The maximum atomic E-state index is 15.0. The summed E-state index contributed by atoms with van der Waals surface area (Å²) >= 11 is 0. The lowest BCUT2D eigenvalue weighted by atomic mass is 10.1. The van der Waals surface area contributed by atoms with E-state index in [1.165, 1.54) is 6.07 Å². The number of rotatable bonds is 6. The van der Waals surface area contributed by atoms with Crippen molar-refractivity contribution >= 4 is 28.5 Å². The number of hydrogen-bond donors (Lipinski definition) is 1. The Morgan fingerprint density at radius 1 is 1.08 bits per heavy atom. The van der Waals surface area contributed by atoms with Crippen LogP contribution in [0.5, 0.6) is 5.75 Å². The quantitative estimate of drug-likeness (QED) is 0.399. The van der Waals surface area contributed by atoms with Gasteiger partial charge in [0, 0.05) is 49.7 Å². The van der Waals surface area contributed by atoms with Crippen molar-refractivity contribution in [2.75, 3.05) is 50.6 Å². The van der Waals surface area contributed by atoms with Gasteiger partial charge in [0.1, 0.15) is 11.4 Å². The third kappa shape index (κ3) is 4.72. The number of aromatic nitrogens is 4.